The van der Waals surface area contributed by atoms with Crippen molar-refractivity contribution in [2.75, 3.05) is 0 Å². The van der Waals surface area contributed by atoms with Gasteiger partial charge in [0.15, 0.2) is 0 Å². The smallest absolute Gasteiger partial charge is 0.346 e. The molecule has 1 N–H and O–H groups in total. The van der Waals surface area contributed by atoms with Crippen LogP contribution in [0.4, 0.5) is 0 Å². The number of aromatic nitrogens is 1. The molecule has 0 fully saturated rings. The van der Waals surface area contributed by atoms with Gasteiger partial charge in [0.25, 0.3) is 0 Å². The Morgan fingerprint density at radius 1 is 1.00 bits per heavy atom. The highest BCUT2D eigenvalue weighted by atomic mass is 32.1. The average Bonchev–Trinajstić information content (AvgIpc) is 3.17. The molecular formula is C22H17NO3S. The Morgan fingerprint density at radius 2 is 1.85 bits per heavy atom. The van der Waals surface area contributed by atoms with E-state index in [-0.39, 0.29) is 5.75 Å². The second-order valence-electron chi connectivity index (χ2n) is 6.90. The number of aryl methyl sites for hydroxylation is 2. The summed E-state index contributed by atoms with van der Waals surface area (Å²) in [6, 6.07) is 13.1. The largest absolute Gasteiger partial charge is 0.508 e. The van der Waals surface area contributed by atoms with Crippen molar-refractivity contribution in [3.63, 3.8) is 0 Å². The van der Waals surface area contributed by atoms with E-state index in [9.17, 15) is 9.90 Å². The molecule has 134 valence electrons. The van der Waals surface area contributed by atoms with Crippen LogP contribution in [0.2, 0.25) is 0 Å². The highest BCUT2D eigenvalue weighted by Crippen LogP contribution is 2.32. The molecular weight excluding hydrogens is 358 g/mol. The van der Waals surface area contributed by atoms with Crippen molar-refractivity contribution in [2.45, 2.75) is 25.7 Å². The van der Waals surface area contributed by atoms with E-state index in [1.54, 1.807) is 18.2 Å². The van der Waals surface area contributed by atoms with Gasteiger partial charge in [-0.05, 0) is 61.1 Å². The lowest BCUT2D eigenvalue weighted by atomic mass is 9.90. The fourth-order valence-electron chi connectivity index (χ4n) is 3.67. The lowest BCUT2D eigenvalue weighted by molar-refractivity contribution is 0.473. The molecule has 1 aliphatic carbocycles. The van der Waals surface area contributed by atoms with E-state index in [4.69, 9.17) is 9.40 Å². The third kappa shape index (κ3) is 2.94. The van der Waals surface area contributed by atoms with E-state index in [1.165, 1.54) is 41.4 Å². The Bertz CT molecular complexity index is 1220. The summed E-state index contributed by atoms with van der Waals surface area (Å²) in [4.78, 5) is 17.1. The van der Waals surface area contributed by atoms with Crippen LogP contribution in [-0.2, 0) is 12.8 Å². The number of hydrogen-bond acceptors (Lipinski definition) is 5. The molecule has 0 amide bonds. The first-order valence-electron chi connectivity index (χ1n) is 9.02. The molecule has 0 aliphatic heterocycles. The summed E-state index contributed by atoms with van der Waals surface area (Å²) in [5.41, 5.74) is 5.20. The number of thiazole rings is 1. The second-order valence-corrected chi connectivity index (χ2v) is 7.76. The fraction of sp³-hybridized carbons (Fsp3) is 0.182. The van der Waals surface area contributed by atoms with Gasteiger partial charge >= 0.3 is 5.63 Å². The number of nitrogens with zero attached hydrogens (tertiary/aromatic N) is 1. The third-order valence-electron chi connectivity index (χ3n) is 5.10. The van der Waals surface area contributed by atoms with E-state index in [0.717, 1.165) is 29.5 Å². The van der Waals surface area contributed by atoms with Gasteiger partial charge in [-0.25, -0.2) is 9.78 Å². The van der Waals surface area contributed by atoms with Gasteiger partial charge in [0.1, 0.15) is 16.3 Å². The Morgan fingerprint density at radius 3 is 2.74 bits per heavy atom. The highest BCUT2D eigenvalue weighted by molar-refractivity contribution is 7.13. The summed E-state index contributed by atoms with van der Waals surface area (Å²) >= 11 is 1.44. The van der Waals surface area contributed by atoms with Crippen molar-refractivity contribution in [1.82, 2.24) is 4.98 Å². The van der Waals surface area contributed by atoms with Gasteiger partial charge < -0.3 is 9.52 Å². The Hall–Kier alpha value is -2.92. The van der Waals surface area contributed by atoms with Gasteiger partial charge in [-0.3, -0.25) is 0 Å². The first kappa shape index (κ1) is 16.3. The first-order valence-corrected chi connectivity index (χ1v) is 9.90. The molecule has 2 aromatic carbocycles. The minimum absolute atomic E-state index is 0.0716. The summed E-state index contributed by atoms with van der Waals surface area (Å²) in [5, 5.41) is 12.9. The summed E-state index contributed by atoms with van der Waals surface area (Å²) in [6.45, 7) is 0. The van der Waals surface area contributed by atoms with Crippen molar-refractivity contribution in [3.05, 3.63) is 69.4 Å². The Kier molecular flexibility index (Phi) is 3.83. The van der Waals surface area contributed by atoms with E-state index in [1.807, 2.05) is 5.38 Å². The lowest BCUT2D eigenvalue weighted by Crippen LogP contribution is -2.03. The van der Waals surface area contributed by atoms with Gasteiger partial charge in [0.05, 0.1) is 11.3 Å². The molecule has 0 saturated carbocycles. The average molecular weight is 375 g/mol. The van der Waals surface area contributed by atoms with Crippen molar-refractivity contribution < 1.29 is 9.52 Å². The predicted molar refractivity (Wildman–Crippen MR) is 107 cm³/mol. The van der Waals surface area contributed by atoms with Crippen LogP contribution in [0.5, 0.6) is 5.75 Å². The number of aromatic hydroxyl groups is 1. The standard InChI is InChI=1S/C22H17NO3S/c24-17-8-7-16-10-18(22(25)26-20(16)11-17)21-23-19(12-27-21)15-6-5-13-3-1-2-4-14(13)9-15/h5-12,24H,1-4H2. The molecule has 5 heteroatoms. The van der Waals surface area contributed by atoms with Crippen LogP contribution >= 0.6 is 11.3 Å². The van der Waals surface area contributed by atoms with Crippen LogP contribution in [0.1, 0.15) is 24.0 Å². The number of phenolic OH excluding ortho intramolecular Hbond substituents is 1. The maximum atomic E-state index is 12.4. The number of hydrogen-bond donors (Lipinski definition) is 1. The van der Waals surface area contributed by atoms with Crippen LogP contribution in [0.3, 0.4) is 0 Å². The van der Waals surface area contributed by atoms with E-state index < -0.39 is 5.63 Å². The van der Waals surface area contributed by atoms with Crippen molar-refractivity contribution >= 4 is 22.3 Å². The molecule has 5 rings (SSSR count). The minimum Gasteiger partial charge on any atom is -0.508 e. The Labute approximate surface area is 159 Å². The molecule has 27 heavy (non-hydrogen) atoms. The third-order valence-corrected chi connectivity index (χ3v) is 5.97. The zero-order valence-electron chi connectivity index (χ0n) is 14.6. The summed E-state index contributed by atoms with van der Waals surface area (Å²) in [5.74, 6) is 0.0716. The topological polar surface area (TPSA) is 63.3 Å². The first-order chi connectivity index (χ1) is 13.2. The van der Waals surface area contributed by atoms with Crippen molar-refractivity contribution in [1.29, 1.82) is 0 Å². The van der Waals surface area contributed by atoms with Crippen LogP contribution in [0.15, 0.2) is 57.1 Å². The minimum atomic E-state index is -0.445. The molecule has 0 atom stereocenters. The quantitative estimate of drug-likeness (QED) is 0.491. The SMILES string of the molecule is O=c1oc2cc(O)ccc2cc1-c1nc(-c2ccc3c(c2)CCCC3)cs1. The molecule has 0 spiro atoms. The highest BCUT2D eigenvalue weighted by Gasteiger charge is 2.15. The summed E-state index contributed by atoms with van der Waals surface area (Å²) in [6.07, 6.45) is 4.79. The second kappa shape index (κ2) is 6.35. The van der Waals surface area contributed by atoms with E-state index >= 15 is 0 Å². The molecule has 2 heterocycles. The van der Waals surface area contributed by atoms with Gasteiger partial charge in [-0.15, -0.1) is 11.3 Å². The van der Waals surface area contributed by atoms with Gasteiger partial charge in [0.2, 0.25) is 0 Å². The van der Waals surface area contributed by atoms with Gasteiger partial charge in [-0.2, -0.15) is 0 Å². The van der Waals surface area contributed by atoms with Crippen LogP contribution in [0, 0.1) is 0 Å². The molecule has 0 unspecified atom stereocenters. The van der Waals surface area contributed by atoms with E-state index in [0.29, 0.717) is 16.2 Å². The number of rotatable bonds is 2. The lowest BCUT2D eigenvalue weighted by Gasteiger charge is -2.16. The molecule has 4 aromatic rings. The monoisotopic (exact) mass is 375 g/mol. The maximum absolute atomic E-state index is 12.4. The van der Waals surface area contributed by atoms with Crippen molar-refractivity contribution in [2.24, 2.45) is 0 Å². The number of benzene rings is 2. The predicted octanol–water partition coefficient (Wildman–Crippen LogP) is 5.17. The molecule has 1 aliphatic rings. The summed E-state index contributed by atoms with van der Waals surface area (Å²) in [7, 11) is 0. The maximum Gasteiger partial charge on any atom is 0.346 e. The normalized spacial score (nSPS) is 13.6. The van der Waals surface area contributed by atoms with Gasteiger partial charge in [-0.1, -0.05) is 12.1 Å². The number of fused-ring (bicyclic) bond motifs is 2. The van der Waals surface area contributed by atoms with Crippen LogP contribution in [-0.4, -0.2) is 10.1 Å². The molecule has 0 radical (unpaired) electrons. The van der Waals surface area contributed by atoms with Crippen LogP contribution < -0.4 is 5.63 Å². The number of phenols is 1. The van der Waals surface area contributed by atoms with Crippen molar-refractivity contribution in [3.8, 4) is 27.6 Å². The molecule has 0 bridgehead atoms. The van der Waals surface area contributed by atoms with E-state index in [2.05, 4.69) is 18.2 Å². The van der Waals surface area contributed by atoms with Gasteiger partial charge in [0, 0.05) is 22.4 Å². The summed E-state index contributed by atoms with van der Waals surface area (Å²) < 4.78 is 5.37. The molecule has 2 aromatic heterocycles. The zero-order chi connectivity index (χ0) is 18.4. The zero-order valence-corrected chi connectivity index (χ0v) is 15.4. The fourth-order valence-corrected chi connectivity index (χ4v) is 4.50. The molecule has 0 saturated heterocycles. The molecule has 4 nitrogen and oxygen atoms in total. The van der Waals surface area contributed by atoms with Crippen LogP contribution in [0.25, 0.3) is 32.8 Å². The Balaban J connectivity index is 1.56.